The molecule has 1 heterocycles. The fourth-order valence-corrected chi connectivity index (χ4v) is 3.92. The molecule has 1 atom stereocenters. The number of phenolic OH excluding ortho intramolecular Hbond substituents is 1. The molecule has 0 radical (unpaired) electrons. The zero-order chi connectivity index (χ0) is 22.0. The van der Waals surface area contributed by atoms with E-state index in [0.29, 0.717) is 12.0 Å². The largest absolute Gasteiger partial charge is 0.505 e. The number of aromatic hydroxyl groups is 1. The summed E-state index contributed by atoms with van der Waals surface area (Å²) in [6, 6.07) is 6.55. The van der Waals surface area contributed by atoms with E-state index in [-0.39, 0.29) is 34.4 Å². The predicted molar refractivity (Wildman–Crippen MR) is 120 cm³/mol. The second-order valence-electron chi connectivity index (χ2n) is 6.96. The Hall–Kier alpha value is -3.46. The number of nitrogens with one attached hydrogen (secondary N) is 3. The van der Waals surface area contributed by atoms with Crippen LogP contribution < -0.4 is 21.5 Å². The molecule has 2 aromatic carbocycles. The molecule has 9 heteroatoms. The van der Waals surface area contributed by atoms with Crippen LogP contribution in [0.5, 0.6) is 5.75 Å². The normalized spacial score (nSPS) is 11.8. The van der Waals surface area contributed by atoms with Crippen molar-refractivity contribution >= 4 is 40.5 Å². The van der Waals surface area contributed by atoms with Crippen LogP contribution in [-0.2, 0) is 0 Å². The average molecular weight is 426 g/mol. The van der Waals surface area contributed by atoms with Gasteiger partial charge in [0.05, 0.1) is 17.3 Å². The summed E-state index contributed by atoms with van der Waals surface area (Å²) in [5.41, 5.74) is -0.768. The highest BCUT2D eigenvalue weighted by atomic mass is 32.1. The van der Waals surface area contributed by atoms with Gasteiger partial charge in [-0.05, 0) is 35.6 Å². The molecule has 0 unspecified atom stereocenters. The van der Waals surface area contributed by atoms with Crippen molar-refractivity contribution in [1.29, 1.82) is 5.41 Å². The van der Waals surface area contributed by atoms with Crippen LogP contribution in [0.2, 0.25) is 0 Å². The number of amides is 1. The van der Waals surface area contributed by atoms with Crippen molar-refractivity contribution in [2.75, 3.05) is 24.7 Å². The lowest BCUT2D eigenvalue weighted by Gasteiger charge is -2.22. The zero-order valence-corrected chi connectivity index (χ0v) is 17.6. The van der Waals surface area contributed by atoms with Gasteiger partial charge in [-0.3, -0.25) is 14.4 Å². The van der Waals surface area contributed by atoms with Gasteiger partial charge >= 0.3 is 0 Å². The molecule has 0 spiro atoms. The number of hydrogen-bond acceptors (Lipinski definition) is 8. The molecule has 156 valence electrons. The molecule has 0 fully saturated rings. The molecular formula is C21H22N4O4S. The van der Waals surface area contributed by atoms with Crippen LogP contribution in [-0.4, -0.2) is 36.2 Å². The summed E-state index contributed by atoms with van der Waals surface area (Å²) in [6.45, 7) is 1.97. The van der Waals surface area contributed by atoms with Crippen molar-refractivity contribution in [3.8, 4) is 5.75 Å². The van der Waals surface area contributed by atoms with Crippen LogP contribution in [0.4, 0.5) is 17.1 Å². The van der Waals surface area contributed by atoms with E-state index >= 15 is 0 Å². The molecule has 0 saturated heterocycles. The molecule has 0 aliphatic heterocycles. The van der Waals surface area contributed by atoms with E-state index in [9.17, 15) is 19.5 Å². The summed E-state index contributed by atoms with van der Waals surface area (Å²) in [5.74, 6) is -0.810. The van der Waals surface area contributed by atoms with Crippen molar-refractivity contribution in [3.63, 3.8) is 0 Å². The van der Waals surface area contributed by atoms with Crippen LogP contribution in [0, 0.1) is 5.41 Å². The molecule has 0 bridgehead atoms. The van der Waals surface area contributed by atoms with E-state index in [4.69, 9.17) is 5.41 Å². The number of thiophene rings is 1. The second kappa shape index (κ2) is 8.50. The SMILES string of the molecule is CC[C@@H](Nc1c(Nc2cc(C=N)cc(C(=O)N(C)C)c2O)c(=O)c1=O)c1cccs1. The van der Waals surface area contributed by atoms with E-state index in [1.807, 2.05) is 24.4 Å². The van der Waals surface area contributed by atoms with E-state index in [0.717, 1.165) is 11.1 Å². The second-order valence-corrected chi connectivity index (χ2v) is 7.94. The molecule has 4 N–H and O–H groups in total. The molecule has 0 aliphatic carbocycles. The number of nitrogens with zero attached hydrogens (tertiary/aromatic N) is 1. The molecule has 30 heavy (non-hydrogen) atoms. The maximum Gasteiger partial charge on any atom is 0.257 e. The van der Waals surface area contributed by atoms with Gasteiger partial charge in [0.25, 0.3) is 16.8 Å². The molecule has 0 saturated carbocycles. The Kier molecular flexibility index (Phi) is 6.02. The van der Waals surface area contributed by atoms with Gasteiger partial charge < -0.3 is 26.0 Å². The lowest BCUT2D eigenvalue weighted by molar-refractivity contribution is 0.0824. The first-order valence-electron chi connectivity index (χ1n) is 9.27. The fourth-order valence-electron chi connectivity index (χ4n) is 3.06. The highest BCUT2D eigenvalue weighted by Gasteiger charge is 2.26. The highest BCUT2D eigenvalue weighted by molar-refractivity contribution is 7.10. The van der Waals surface area contributed by atoms with Crippen LogP contribution >= 0.6 is 11.3 Å². The molecule has 1 amide bonds. The minimum absolute atomic E-state index is 0.0123. The van der Waals surface area contributed by atoms with Crippen molar-refractivity contribution in [3.05, 3.63) is 66.1 Å². The van der Waals surface area contributed by atoms with Gasteiger partial charge in [-0.25, -0.2) is 0 Å². The smallest absolute Gasteiger partial charge is 0.257 e. The van der Waals surface area contributed by atoms with Crippen LogP contribution in [0.25, 0.3) is 0 Å². The number of carbonyl (C=O) groups excluding carboxylic acids is 1. The minimum Gasteiger partial charge on any atom is -0.505 e. The Morgan fingerprint density at radius 1 is 1.27 bits per heavy atom. The first kappa shape index (κ1) is 21.3. The molecule has 3 aromatic rings. The van der Waals surface area contributed by atoms with Crippen molar-refractivity contribution < 1.29 is 9.90 Å². The fraction of sp³-hybridized carbons (Fsp3) is 0.238. The summed E-state index contributed by atoms with van der Waals surface area (Å²) in [7, 11) is 3.08. The first-order valence-corrected chi connectivity index (χ1v) is 10.2. The molecule has 1 aromatic heterocycles. The third kappa shape index (κ3) is 3.84. The predicted octanol–water partition coefficient (Wildman–Crippen LogP) is 3.06. The lowest BCUT2D eigenvalue weighted by atomic mass is 10.1. The number of anilines is 3. The first-order chi connectivity index (χ1) is 14.3. The average Bonchev–Trinajstić information content (AvgIpc) is 3.28. The maximum atomic E-state index is 12.4. The van der Waals surface area contributed by atoms with E-state index in [1.165, 1.54) is 17.0 Å². The van der Waals surface area contributed by atoms with E-state index in [2.05, 4.69) is 10.6 Å². The quantitative estimate of drug-likeness (QED) is 0.249. The van der Waals surface area contributed by atoms with Crippen LogP contribution in [0.3, 0.4) is 0 Å². The van der Waals surface area contributed by atoms with Gasteiger partial charge in [-0.15, -0.1) is 11.3 Å². The number of rotatable bonds is 8. The Morgan fingerprint density at radius 2 is 1.97 bits per heavy atom. The van der Waals surface area contributed by atoms with Crippen molar-refractivity contribution in [1.82, 2.24) is 4.90 Å². The van der Waals surface area contributed by atoms with Gasteiger partial charge in [0, 0.05) is 25.2 Å². The highest BCUT2D eigenvalue weighted by Crippen LogP contribution is 2.34. The standard InChI is InChI=1S/C21H22N4O4S/c1-4-13(15-6-5-7-30-15)23-16-17(20(28)19(16)27)24-14-9-11(10-22)8-12(18(14)26)21(29)25(2)3/h5-10,13,22-24,26H,4H2,1-3H3/t13-/m1/s1. The Bertz CT molecular complexity index is 1160. The van der Waals surface area contributed by atoms with Crippen molar-refractivity contribution in [2.45, 2.75) is 19.4 Å². The van der Waals surface area contributed by atoms with Crippen molar-refractivity contribution in [2.24, 2.45) is 0 Å². The minimum atomic E-state index is -0.710. The third-order valence-electron chi connectivity index (χ3n) is 4.72. The molecular weight excluding hydrogens is 404 g/mol. The molecule has 3 rings (SSSR count). The zero-order valence-electron chi connectivity index (χ0n) is 16.8. The summed E-state index contributed by atoms with van der Waals surface area (Å²) in [5, 5.41) is 25.9. The summed E-state index contributed by atoms with van der Waals surface area (Å²) < 4.78 is 0. The Balaban J connectivity index is 1.98. The van der Waals surface area contributed by atoms with E-state index < -0.39 is 16.8 Å². The summed E-state index contributed by atoms with van der Waals surface area (Å²) in [4.78, 5) is 39.1. The van der Waals surface area contributed by atoms with Gasteiger partial charge in [-0.1, -0.05) is 13.0 Å². The lowest BCUT2D eigenvalue weighted by Crippen LogP contribution is -2.37. The van der Waals surface area contributed by atoms with Gasteiger partial charge in [0.15, 0.2) is 5.75 Å². The topological polar surface area (TPSA) is 123 Å². The number of benzene rings is 1. The third-order valence-corrected chi connectivity index (χ3v) is 5.70. The summed E-state index contributed by atoms with van der Waals surface area (Å²) >= 11 is 1.55. The number of carbonyl (C=O) groups is 1. The molecule has 8 nitrogen and oxygen atoms in total. The maximum absolute atomic E-state index is 12.4. The van der Waals surface area contributed by atoms with Gasteiger partial charge in [0.1, 0.15) is 11.4 Å². The van der Waals surface area contributed by atoms with Gasteiger partial charge in [0.2, 0.25) is 0 Å². The van der Waals surface area contributed by atoms with Crippen LogP contribution in [0.15, 0.2) is 39.2 Å². The summed E-state index contributed by atoms with van der Waals surface area (Å²) in [6.07, 6.45) is 1.73. The molecule has 0 aliphatic rings. The van der Waals surface area contributed by atoms with E-state index in [1.54, 1.807) is 25.4 Å². The number of hydrogen-bond donors (Lipinski definition) is 4. The Labute approximate surface area is 177 Å². The Morgan fingerprint density at radius 3 is 2.53 bits per heavy atom. The number of phenols is 1. The van der Waals surface area contributed by atoms with Crippen LogP contribution in [0.1, 0.15) is 40.2 Å². The van der Waals surface area contributed by atoms with Gasteiger partial charge in [-0.2, -0.15) is 0 Å². The monoisotopic (exact) mass is 426 g/mol.